The topological polar surface area (TPSA) is 116 Å². The summed E-state index contributed by atoms with van der Waals surface area (Å²) >= 11 is 0. The Bertz CT molecular complexity index is 1320. The Labute approximate surface area is 219 Å². The van der Waals surface area contributed by atoms with Crippen LogP contribution < -0.4 is 9.62 Å². The van der Waals surface area contributed by atoms with Gasteiger partial charge in [0.1, 0.15) is 11.9 Å². The number of amides is 1. The van der Waals surface area contributed by atoms with E-state index in [1.807, 2.05) is 43.0 Å². The molecule has 0 bridgehead atoms. The van der Waals surface area contributed by atoms with E-state index in [9.17, 15) is 18.5 Å². The number of sulfonamides is 1. The normalized spacial score (nSPS) is 18.1. The molecule has 1 amide bonds. The minimum Gasteiger partial charge on any atom is -0.384 e. The quantitative estimate of drug-likeness (QED) is 0.535. The number of anilines is 1. The first-order chi connectivity index (χ1) is 17.6. The van der Waals surface area contributed by atoms with Gasteiger partial charge in [-0.15, -0.1) is 0 Å². The van der Waals surface area contributed by atoms with E-state index in [4.69, 9.17) is 9.72 Å². The summed E-state index contributed by atoms with van der Waals surface area (Å²) in [6.07, 6.45) is 3.61. The van der Waals surface area contributed by atoms with Crippen LogP contribution in [0.4, 0.5) is 5.82 Å². The van der Waals surface area contributed by atoms with Crippen LogP contribution >= 0.6 is 0 Å². The molecule has 4 rings (SSSR count). The maximum absolute atomic E-state index is 12.6. The number of ether oxygens (including phenoxy) is 1. The van der Waals surface area contributed by atoms with Crippen molar-refractivity contribution in [3.8, 4) is 17.2 Å². The smallest absolute Gasteiger partial charge is 0.225 e. The number of nitriles is 1. The van der Waals surface area contributed by atoms with E-state index in [1.54, 1.807) is 7.11 Å². The van der Waals surface area contributed by atoms with Crippen LogP contribution in [-0.2, 0) is 26.1 Å². The van der Waals surface area contributed by atoms with Crippen LogP contribution in [0.2, 0.25) is 0 Å². The van der Waals surface area contributed by atoms with Crippen LogP contribution in [-0.4, -0.2) is 69.9 Å². The molecule has 0 radical (unpaired) electrons. The van der Waals surface area contributed by atoms with Crippen molar-refractivity contribution in [3.05, 3.63) is 46.6 Å². The van der Waals surface area contributed by atoms with Crippen molar-refractivity contribution in [3.63, 3.8) is 0 Å². The molecular formula is C27H35N5O4S. The molecule has 1 aliphatic heterocycles. The van der Waals surface area contributed by atoms with Crippen molar-refractivity contribution in [2.24, 2.45) is 0 Å². The van der Waals surface area contributed by atoms with Gasteiger partial charge in [0, 0.05) is 50.8 Å². The van der Waals surface area contributed by atoms with Crippen molar-refractivity contribution in [2.75, 3.05) is 44.5 Å². The van der Waals surface area contributed by atoms with E-state index < -0.39 is 10.0 Å². The average molecular weight is 526 g/mol. The molecule has 2 fully saturated rings. The number of nitrogens with one attached hydrogen (secondary N) is 1. The number of nitrogens with zero attached hydrogens (tertiary/aromatic N) is 4. The maximum Gasteiger partial charge on any atom is 0.225 e. The highest BCUT2D eigenvalue weighted by Gasteiger charge is 2.34. The van der Waals surface area contributed by atoms with Crippen LogP contribution in [0.25, 0.3) is 11.1 Å². The number of benzene rings is 1. The highest BCUT2D eigenvalue weighted by atomic mass is 32.2. The zero-order valence-electron chi connectivity index (χ0n) is 22.0. The van der Waals surface area contributed by atoms with Crippen molar-refractivity contribution in [2.45, 2.75) is 51.6 Å². The Kier molecular flexibility index (Phi) is 8.17. The predicted octanol–water partition coefficient (Wildman–Crippen LogP) is 2.93. The first kappa shape index (κ1) is 27.0. The van der Waals surface area contributed by atoms with E-state index in [0.717, 1.165) is 47.0 Å². The molecule has 198 valence electrons. The summed E-state index contributed by atoms with van der Waals surface area (Å²) < 4.78 is 30.8. The van der Waals surface area contributed by atoms with Gasteiger partial charge in [-0.2, -0.15) is 5.26 Å². The Morgan fingerprint density at radius 3 is 2.68 bits per heavy atom. The minimum atomic E-state index is -3.31. The summed E-state index contributed by atoms with van der Waals surface area (Å²) in [5.41, 5.74) is 5.16. The van der Waals surface area contributed by atoms with Crippen molar-refractivity contribution in [1.82, 2.24) is 14.6 Å². The lowest BCUT2D eigenvalue weighted by molar-refractivity contribution is -0.134. The highest BCUT2D eigenvalue weighted by Crippen LogP contribution is 2.46. The number of pyridine rings is 1. The van der Waals surface area contributed by atoms with Gasteiger partial charge in [0.05, 0.1) is 30.5 Å². The van der Waals surface area contributed by atoms with Gasteiger partial charge in [-0.25, -0.2) is 18.1 Å². The van der Waals surface area contributed by atoms with Crippen LogP contribution in [0.15, 0.2) is 24.3 Å². The predicted molar refractivity (Wildman–Crippen MR) is 143 cm³/mol. The van der Waals surface area contributed by atoms with Crippen LogP contribution in [0.1, 0.15) is 54.5 Å². The number of rotatable bonds is 9. The van der Waals surface area contributed by atoms with Gasteiger partial charge in [0.25, 0.3) is 0 Å². The lowest BCUT2D eigenvalue weighted by Gasteiger charge is -2.41. The lowest BCUT2D eigenvalue weighted by Crippen LogP contribution is -2.54. The number of hydrogen-bond donors (Lipinski definition) is 1. The van der Waals surface area contributed by atoms with Gasteiger partial charge in [-0.3, -0.25) is 4.79 Å². The molecule has 2 aliphatic rings. The molecule has 1 aromatic heterocycles. The Morgan fingerprint density at radius 2 is 2.05 bits per heavy atom. The number of methoxy groups -OCH3 is 1. The molecule has 1 aliphatic carbocycles. The number of carbonyl (C=O) groups excluding carboxylic acids is 1. The van der Waals surface area contributed by atoms with E-state index in [2.05, 4.69) is 15.7 Å². The second kappa shape index (κ2) is 11.2. The Balaban J connectivity index is 1.67. The molecule has 1 unspecified atom stereocenters. The molecule has 1 atom stereocenters. The Hall–Kier alpha value is -3.00. The second-order valence-electron chi connectivity index (χ2n) is 10.0. The Morgan fingerprint density at radius 1 is 1.30 bits per heavy atom. The second-order valence-corrected chi connectivity index (χ2v) is 11.8. The number of hydrogen-bond acceptors (Lipinski definition) is 7. The third-order valence-electron chi connectivity index (χ3n) is 7.05. The summed E-state index contributed by atoms with van der Waals surface area (Å²) in [5, 5.41) is 10.2. The molecule has 1 aromatic carbocycles. The highest BCUT2D eigenvalue weighted by molar-refractivity contribution is 7.88. The third-order valence-corrected chi connectivity index (χ3v) is 7.72. The van der Waals surface area contributed by atoms with Gasteiger partial charge in [-0.1, -0.05) is 18.2 Å². The molecule has 9 nitrogen and oxygen atoms in total. The van der Waals surface area contributed by atoms with Crippen LogP contribution in [0.3, 0.4) is 0 Å². The van der Waals surface area contributed by atoms with Gasteiger partial charge < -0.3 is 14.5 Å². The molecule has 2 aromatic rings. The summed E-state index contributed by atoms with van der Waals surface area (Å²) in [5.74, 6) is 1.11. The van der Waals surface area contributed by atoms with Crippen LogP contribution in [0.5, 0.6) is 0 Å². The average Bonchev–Trinajstić information content (AvgIpc) is 3.70. The molecule has 1 saturated carbocycles. The largest absolute Gasteiger partial charge is 0.384 e. The summed E-state index contributed by atoms with van der Waals surface area (Å²) in [4.78, 5) is 21.7. The monoisotopic (exact) mass is 525 g/mol. The summed E-state index contributed by atoms with van der Waals surface area (Å²) in [7, 11) is -1.72. The van der Waals surface area contributed by atoms with Crippen LogP contribution in [0, 0.1) is 18.3 Å². The zero-order chi connectivity index (χ0) is 26.7. The fourth-order valence-electron chi connectivity index (χ4n) is 4.99. The van der Waals surface area contributed by atoms with Crippen molar-refractivity contribution >= 4 is 21.7 Å². The zero-order valence-corrected chi connectivity index (χ0v) is 22.8. The number of piperazine rings is 1. The summed E-state index contributed by atoms with van der Waals surface area (Å²) in [6.45, 7) is 6.40. The third kappa shape index (κ3) is 6.29. The lowest BCUT2D eigenvalue weighted by atomic mass is 9.92. The van der Waals surface area contributed by atoms with E-state index in [1.165, 1.54) is 0 Å². The van der Waals surface area contributed by atoms with Crippen molar-refractivity contribution < 1.29 is 17.9 Å². The molecular weight excluding hydrogens is 490 g/mol. The molecule has 2 heterocycles. The fraction of sp³-hybridized carbons (Fsp3) is 0.519. The molecule has 1 N–H and O–H groups in total. The SMILES string of the molecule is COCCC(=O)N1CCN(c2nc(C3CC3)c(-c3cccc(CNS(C)(=O)=O)c3)c(C)c2C#N)CC1C. The molecule has 0 spiro atoms. The molecule has 1 saturated heterocycles. The maximum atomic E-state index is 12.6. The first-order valence-electron chi connectivity index (χ1n) is 12.6. The molecule has 37 heavy (non-hydrogen) atoms. The number of aromatic nitrogens is 1. The van der Waals surface area contributed by atoms with Gasteiger partial charge >= 0.3 is 0 Å². The van der Waals surface area contributed by atoms with Gasteiger partial charge in [0.2, 0.25) is 15.9 Å². The standard InChI is InChI=1S/C27H35N5O4S/c1-18-17-31(11-12-32(18)24(33)10-13-36-3)27-23(15-28)19(2)25(26(30-27)21-8-9-21)22-7-5-6-20(14-22)16-29-37(4,34)35/h5-7,14,18,21,29H,8-13,16-17H2,1-4H3. The minimum absolute atomic E-state index is 0.00478. The first-order valence-corrected chi connectivity index (χ1v) is 14.5. The van der Waals surface area contributed by atoms with E-state index in [-0.39, 0.29) is 18.5 Å². The fourth-order valence-corrected chi connectivity index (χ4v) is 5.42. The van der Waals surface area contributed by atoms with Crippen molar-refractivity contribution in [1.29, 1.82) is 5.26 Å². The van der Waals surface area contributed by atoms with E-state index >= 15 is 0 Å². The van der Waals surface area contributed by atoms with Gasteiger partial charge in [0.15, 0.2) is 0 Å². The van der Waals surface area contributed by atoms with E-state index in [0.29, 0.717) is 50.0 Å². The van der Waals surface area contributed by atoms with Gasteiger partial charge in [-0.05, 0) is 49.4 Å². The molecule has 10 heteroatoms. The number of carbonyl (C=O) groups is 1. The summed E-state index contributed by atoms with van der Waals surface area (Å²) in [6, 6.07) is 10.2.